The van der Waals surface area contributed by atoms with Crippen LogP contribution in [-0.4, -0.2) is 17.2 Å². The molecule has 1 aliphatic rings. The minimum Gasteiger partial charge on any atom is -0.423 e. The second-order valence-corrected chi connectivity index (χ2v) is 2.63. The van der Waals surface area contributed by atoms with Crippen molar-refractivity contribution in [2.45, 2.75) is 19.8 Å². The zero-order valence-corrected chi connectivity index (χ0v) is 6.04. The van der Waals surface area contributed by atoms with Gasteiger partial charge in [0.25, 0.3) is 0 Å². The molecule has 0 spiro atoms. The molecule has 0 aromatic carbocycles. The van der Waals surface area contributed by atoms with Gasteiger partial charge in [0.2, 0.25) is 0 Å². The Labute approximate surface area is 61.0 Å². The summed E-state index contributed by atoms with van der Waals surface area (Å²) in [6.07, 6.45) is 5.44. The van der Waals surface area contributed by atoms with Crippen LogP contribution in [0.4, 0.5) is 0 Å². The second kappa shape index (κ2) is 3.04. The molecule has 0 aliphatic heterocycles. The standard InChI is InChI=1S/C7H11BO2/c1-6-2-4-7(5-3-6)8(9)10/h2,4,9-10H,3,5H2,1H3. The Morgan fingerprint density at radius 1 is 1.30 bits per heavy atom. The van der Waals surface area contributed by atoms with Crippen LogP contribution < -0.4 is 0 Å². The van der Waals surface area contributed by atoms with Crippen molar-refractivity contribution in [2.75, 3.05) is 0 Å². The van der Waals surface area contributed by atoms with Crippen molar-refractivity contribution in [1.82, 2.24) is 0 Å². The maximum Gasteiger partial charge on any atom is 0.484 e. The van der Waals surface area contributed by atoms with E-state index in [1.807, 2.05) is 13.0 Å². The molecular weight excluding hydrogens is 127 g/mol. The zero-order chi connectivity index (χ0) is 7.56. The van der Waals surface area contributed by atoms with Crippen LogP contribution in [0.25, 0.3) is 0 Å². The van der Waals surface area contributed by atoms with Gasteiger partial charge in [-0.1, -0.05) is 17.7 Å². The van der Waals surface area contributed by atoms with Gasteiger partial charge in [-0.15, -0.1) is 0 Å². The van der Waals surface area contributed by atoms with E-state index in [0.717, 1.165) is 12.8 Å². The van der Waals surface area contributed by atoms with Crippen LogP contribution >= 0.6 is 0 Å². The Morgan fingerprint density at radius 3 is 2.40 bits per heavy atom. The lowest BCUT2D eigenvalue weighted by Gasteiger charge is -2.09. The lowest BCUT2D eigenvalue weighted by Crippen LogP contribution is -2.16. The lowest BCUT2D eigenvalue weighted by molar-refractivity contribution is 0.416. The van der Waals surface area contributed by atoms with Crippen molar-refractivity contribution >= 4 is 7.12 Å². The van der Waals surface area contributed by atoms with Gasteiger partial charge in [0, 0.05) is 0 Å². The van der Waals surface area contributed by atoms with Crippen LogP contribution in [-0.2, 0) is 0 Å². The summed E-state index contributed by atoms with van der Waals surface area (Å²) in [6, 6.07) is 0. The van der Waals surface area contributed by atoms with Gasteiger partial charge in [-0.25, -0.2) is 0 Å². The van der Waals surface area contributed by atoms with Crippen molar-refractivity contribution in [2.24, 2.45) is 0 Å². The largest absolute Gasteiger partial charge is 0.484 e. The van der Waals surface area contributed by atoms with E-state index in [1.54, 1.807) is 6.08 Å². The maximum absolute atomic E-state index is 8.72. The predicted octanol–water partition coefficient (Wildman–Crippen LogP) is 0.665. The summed E-state index contributed by atoms with van der Waals surface area (Å²) in [5, 5.41) is 17.4. The first-order valence-electron chi connectivity index (χ1n) is 3.42. The highest BCUT2D eigenvalue weighted by Crippen LogP contribution is 2.17. The van der Waals surface area contributed by atoms with Crippen LogP contribution in [0.1, 0.15) is 19.8 Å². The zero-order valence-electron chi connectivity index (χ0n) is 6.04. The monoisotopic (exact) mass is 138 g/mol. The Morgan fingerprint density at radius 2 is 2.00 bits per heavy atom. The fourth-order valence-corrected chi connectivity index (χ4v) is 0.973. The Hall–Kier alpha value is -0.535. The molecule has 0 saturated heterocycles. The number of rotatable bonds is 1. The summed E-state index contributed by atoms with van der Waals surface area (Å²) in [6.45, 7) is 2.04. The summed E-state index contributed by atoms with van der Waals surface area (Å²) in [5.74, 6) is 0. The van der Waals surface area contributed by atoms with E-state index in [2.05, 4.69) is 0 Å². The quantitative estimate of drug-likeness (QED) is 0.522. The van der Waals surface area contributed by atoms with Gasteiger partial charge in [0.1, 0.15) is 0 Å². The van der Waals surface area contributed by atoms with Crippen molar-refractivity contribution in [3.63, 3.8) is 0 Å². The molecule has 3 heteroatoms. The Bertz CT molecular complexity index is 182. The number of allylic oxidation sites excluding steroid dienone is 4. The third kappa shape index (κ3) is 1.72. The van der Waals surface area contributed by atoms with E-state index in [0.29, 0.717) is 5.47 Å². The van der Waals surface area contributed by atoms with Gasteiger partial charge in [0.05, 0.1) is 0 Å². The molecule has 10 heavy (non-hydrogen) atoms. The lowest BCUT2D eigenvalue weighted by atomic mass is 9.74. The summed E-state index contributed by atoms with van der Waals surface area (Å²) in [7, 11) is -1.26. The summed E-state index contributed by atoms with van der Waals surface area (Å²) in [5.41, 5.74) is 2.01. The number of hydrogen-bond donors (Lipinski definition) is 2. The summed E-state index contributed by atoms with van der Waals surface area (Å²) in [4.78, 5) is 0. The highest BCUT2D eigenvalue weighted by Gasteiger charge is 2.15. The molecule has 0 aromatic rings. The number of hydrogen-bond acceptors (Lipinski definition) is 2. The molecule has 0 aromatic heterocycles. The molecule has 54 valence electrons. The molecule has 0 radical (unpaired) electrons. The second-order valence-electron chi connectivity index (χ2n) is 2.63. The summed E-state index contributed by atoms with van der Waals surface area (Å²) >= 11 is 0. The maximum atomic E-state index is 8.72. The van der Waals surface area contributed by atoms with Crippen LogP contribution in [0, 0.1) is 0 Å². The van der Waals surface area contributed by atoms with Crippen LogP contribution in [0.3, 0.4) is 0 Å². The smallest absolute Gasteiger partial charge is 0.423 e. The third-order valence-corrected chi connectivity index (χ3v) is 1.72. The van der Waals surface area contributed by atoms with E-state index >= 15 is 0 Å². The fraction of sp³-hybridized carbons (Fsp3) is 0.429. The molecule has 0 atom stereocenters. The first kappa shape index (κ1) is 7.57. The van der Waals surface area contributed by atoms with Crippen LogP contribution in [0.5, 0.6) is 0 Å². The average Bonchev–Trinajstić information content (AvgIpc) is 1.88. The molecule has 0 saturated carbocycles. The molecule has 2 nitrogen and oxygen atoms in total. The minimum absolute atomic E-state index is 0.714. The van der Waals surface area contributed by atoms with E-state index < -0.39 is 7.12 Å². The Kier molecular flexibility index (Phi) is 2.30. The van der Waals surface area contributed by atoms with E-state index in [-0.39, 0.29) is 0 Å². The third-order valence-electron chi connectivity index (χ3n) is 1.72. The van der Waals surface area contributed by atoms with Crippen LogP contribution in [0.15, 0.2) is 23.2 Å². The Balaban J connectivity index is 2.64. The van der Waals surface area contributed by atoms with Crippen LogP contribution in [0.2, 0.25) is 0 Å². The SMILES string of the molecule is CC1=CC=C(B(O)O)CC1. The van der Waals surface area contributed by atoms with E-state index in [1.165, 1.54) is 5.57 Å². The van der Waals surface area contributed by atoms with Gasteiger partial charge in [-0.2, -0.15) is 0 Å². The molecule has 0 fully saturated rings. The minimum atomic E-state index is -1.26. The predicted molar refractivity (Wildman–Crippen MR) is 41.3 cm³/mol. The molecule has 1 rings (SSSR count). The molecule has 0 unspecified atom stereocenters. The first-order chi connectivity index (χ1) is 4.70. The fourth-order valence-electron chi connectivity index (χ4n) is 0.973. The highest BCUT2D eigenvalue weighted by atomic mass is 16.4. The van der Waals surface area contributed by atoms with Crippen molar-refractivity contribution < 1.29 is 10.0 Å². The van der Waals surface area contributed by atoms with Gasteiger partial charge in [-0.05, 0) is 25.2 Å². The van der Waals surface area contributed by atoms with E-state index in [4.69, 9.17) is 10.0 Å². The van der Waals surface area contributed by atoms with Crippen molar-refractivity contribution in [3.05, 3.63) is 23.2 Å². The van der Waals surface area contributed by atoms with Gasteiger partial charge in [0.15, 0.2) is 0 Å². The van der Waals surface area contributed by atoms with Gasteiger partial charge < -0.3 is 10.0 Å². The van der Waals surface area contributed by atoms with Gasteiger partial charge in [-0.3, -0.25) is 0 Å². The van der Waals surface area contributed by atoms with E-state index in [9.17, 15) is 0 Å². The molecule has 1 aliphatic carbocycles. The normalized spacial score (nSPS) is 17.9. The molecule has 2 N–H and O–H groups in total. The highest BCUT2D eigenvalue weighted by molar-refractivity contribution is 6.50. The van der Waals surface area contributed by atoms with Crippen molar-refractivity contribution in [1.29, 1.82) is 0 Å². The molecule has 0 bridgehead atoms. The summed E-state index contributed by atoms with van der Waals surface area (Å²) < 4.78 is 0. The van der Waals surface area contributed by atoms with Crippen molar-refractivity contribution in [3.8, 4) is 0 Å². The molecular formula is C7H11BO2. The average molecular weight is 138 g/mol. The molecule has 0 heterocycles. The molecule has 0 amide bonds. The first-order valence-corrected chi connectivity index (χ1v) is 3.42. The van der Waals surface area contributed by atoms with Gasteiger partial charge >= 0.3 is 7.12 Å². The topological polar surface area (TPSA) is 40.5 Å².